The van der Waals surface area contributed by atoms with Crippen molar-refractivity contribution >= 4 is 11.8 Å². The van der Waals surface area contributed by atoms with Gasteiger partial charge in [-0.05, 0) is 30.8 Å². The van der Waals surface area contributed by atoms with Gasteiger partial charge in [0.2, 0.25) is 0 Å². The first-order valence-electron chi connectivity index (χ1n) is 5.31. The fourth-order valence-corrected chi connectivity index (χ4v) is 3.47. The third-order valence-electron chi connectivity index (χ3n) is 2.94. The second-order valence-electron chi connectivity index (χ2n) is 4.35. The van der Waals surface area contributed by atoms with E-state index in [0.29, 0.717) is 13.2 Å². The van der Waals surface area contributed by atoms with Crippen LogP contribution in [0.25, 0.3) is 0 Å². The highest BCUT2D eigenvalue weighted by molar-refractivity contribution is 7.99. The molecule has 0 bridgehead atoms. The van der Waals surface area contributed by atoms with Crippen molar-refractivity contribution in [3.05, 3.63) is 0 Å². The number of thioether (sulfide) groups is 1. The van der Waals surface area contributed by atoms with Crippen LogP contribution in [-0.2, 0) is 9.47 Å². The maximum atomic E-state index is 5.80. The van der Waals surface area contributed by atoms with Crippen molar-refractivity contribution in [2.45, 2.75) is 31.7 Å². The minimum Gasteiger partial charge on any atom is -0.347 e. The molecular formula is C10H19NO2S. The van der Waals surface area contributed by atoms with E-state index in [-0.39, 0.29) is 11.9 Å². The zero-order valence-electron chi connectivity index (χ0n) is 8.70. The van der Waals surface area contributed by atoms with Gasteiger partial charge >= 0.3 is 0 Å². The molecule has 82 valence electrons. The van der Waals surface area contributed by atoms with Crippen molar-refractivity contribution in [3.63, 3.8) is 0 Å². The zero-order valence-corrected chi connectivity index (χ0v) is 9.52. The molecule has 0 spiro atoms. The van der Waals surface area contributed by atoms with E-state index in [2.05, 4.69) is 0 Å². The van der Waals surface area contributed by atoms with E-state index in [4.69, 9.17) is 15.2 Å². The van der Waals surface area contributed by atoms with E-state index in [9.17, 15) is 0 Å². The Morgan fingerprint density at radius 3 is 3.00 bits per heavy atom. The van der Waals surface area contributed by atoms with E-state index in [1.165, 1.54) is 17.9 Å². The van der Waals surface area contributed by atoms with E-state index in [1.807, 2.05) is 18.7 Å². The van der Waals surface area contributed by atoms with Gasteiger partial charge in [0, 0.05) is 13.0 Å². The third kappa shape index (κ3) is 2.42. The van der Waals surface area contributed by atoms with Crippen molar-refractivity contribution in [1.82, 2.24) is 0 Å². The lowest BCUT2D eigenvalue weighted by Crippen LogP contribution is -2.31. The lowest BCUT2D eigenvalue weighted by Gasteiger charge is -2.26. The summed E-state index contributed by atoms with van der Waals surface area (Å²) in [6.07, 6.45) is 2.44. The van der Waals surface area contributed by atoms with Gasteiger partial charge in [0.05, 0.1) is 12.7 Å². The number of ether oxygens (including phenoxy) is 2. The minimum absolute atomic E-state index is 0.106. The lowest BCUT2D eigenvalue weighted by molar-refractivity contribution is -0.163. The Morgan fingerprint density at radius 2 is 2.43 bits per heavy atom. The molecule has 2 rings (SSSR count). The van der Waals surface area contributed by atoms with Crippen LogP contribution in [-0.4, -0.2) is 36.5 Å². The second kappa shape index (κ2) is 4.39. The van der Waals surface area contributed by atoms with Gasteiger partial charge in [0.1, 0.15) is 0 Å². The normalized spacial score (nSPS) is 43.3. The molecule has 0 aromatic heterocycles. The van der Waals surface area contributed by atoms with Crippen LogP contribution in [0.2, 0.25) is 0 Å². The zero-order chi connectivity index (χ0) is 10.0. The maximum absolute atomic E-state index is 5.80. The summed E-state index contributed by atoms with van der Waals surface area (Å²) in [5.41, 5.74) is 5.55. The highest BCUT2D eigenvalue weighted by atomic mass is 32.2. The molecule has 2 aliphatic rings. The van der Waals surface area contributed by atoms with Crippen molar-refractivity contribution < 1.29 is 9.47 Å². The number of hydrogen-bond acceptors (Lipinski definition) is 4. The van der Waals surface area contributed by atoms with E-state index in [0.717, 1.165) is 12.3 Å². The molecule has 2 fully saturated rings. The molecule has 0 aromatic rings. The van der Waals surface area contributed by atoms with Gasteiger partial charge in [0.15, 0.2) is 5.79 Å². The molecule has 2 saturated heterocycles. The van der Waals surface area contributed by atoms with Crippen molar-refractivity contribution in [1.29, 1.82) is 0 Å². The summed E-state index contributed by atoms with van der Waals surface area (Å²) in [6, 6.07) is 0. The van der Waals surface area contributed by atoms with Crippen molar-refractivity contribution in [2.75, 3.05) is 24.7 Å². The molecule has 0 radical (unpaired) electrons. The van der Waals surface area contributed by atoms with Crippen LogP contribution in [0, 0.1) is 5.92 Å². The molecule has 2 N–H and O–H groups in total. The van der Waals surface area contributed by atoms with Crippen molar-refractivity contribution in [3.8, 4) is 0 Å². The summed E-state index contributed by atoms with van der Waals surface area (Å²) in [6.45, 7) is 3.27. The molecule has 0 aliphatic carbocycles. The largest absolute Gasteiger partial charge is 0.347 e. The molecule has 14 heavy (non-hydrogen) atoms. The topological polar surface area (TPSA) is 44.5 Å². The summed E-state index contributed by atoms with van der Waals surface area (Å²) < 4.78 is 11.5. The fourth-order valence-electron chi connectivity index (χ4n) is 2.18. The standard InChI is InChI=1S/C10H19NO2S/c1-10(4-8-2-3-14-7-8)12-6-9(5-11)13-10/h8-9H,2-7,11H2,1H3. The van der Waals surface area contributed by atoms with Gasteiger partial charge in [-0.15, -0.1) is 0 Å². The van der Waals surface area contributed by atoms with Crippen LogP contribution in [0.5, 0.6) is 0 Å². The van der Waals surface area contributed by atoms with E-state index >= 15 is 0 Å². The number of hydrogen-bond donors (Lipinski definition) is 1. The Balaban J connectivity index is 1.83. The molecule has 0 amide bonds. The van der Waals surface area contributed by atoms with Crippen LogP contribution < -0.4 is 5.73 Å². The van der Waals surface area contributed by atoms with Gasteiger partial charge in [-0.3, -0.25) is 0 Å². The first kappa shape index (κ1) is 10.7. The quantitative estimate of drug-likeness (QED) is 0.772. The van der Waals surface area contributed by atoms with Crippen LogP contribution in [0.4, 0.5) is 0 Å². The Labute approximate surface area is 89.7 Å². The molecule has 0 saturated carbocycles. The maximum Gasteiger partial charge on any atom is 0.166 e. The summed E-state index contributed by atoms with van der Waals surface area (Å²) in [5, 5.41) is 0. The number of nitrogens with two attached hydrogens (primary N) is 1. The molecule has 2 aliphatic heterocycles. The van der Waals surface area contributed by atoms with Gasteiger partial charge in [-0.2, -0.15) is 11.8 Å². The van der Waals surface area contributed by atoms with E-state index in [1.54, 1.807) is 0 Å². The second-order valence-corrected chi connectivity index (χ2v) is 5.50. The molecular weight excluding hydrogens is 198 g/mol. The predicted octanol–water partition coefficient (Wildman–Crippen LogP) is 1.22. The molecule has 3 unspecified atom stereocenters. The summed E-state index contributed by atoms with van der Waals surface area (Å²) in [5.74, 6) is 2.96. The summed E-state index contributed by atoms with van der Waals surface area (Å²) >= 11 is 2.04. The van der Waals surface area contributed by atoms with Crippen LogP contribution in [0.15, 0.2) is 0 Å². The van der Waals surface area contributed by atoms with E-state index < -0.39 is 0 Å². The first-order chi connectivity index (χ1) is 6.72. The minimum atomic E-state index is -0.362. The molecule has 3 atom stereocenters. The van der Waals surface area contributed by atoms with Crippen molar-refractivity contribution in [2.24, 2.45) is 11.7 Å². The van der Waals surface area contributed by atoms with Gasteiger partial charge in [-0.1, -0.05) is 0 Å². The Hall–Kier alpha value is 0.230. The van der Waals surface area contributed by atoms with Crippen LogP contribution >= 0.6 is 11.8 Å². The predicted molar refractivity (Wildman–Crippen MR) is 58.3 cm³/mol. The molecule has 3 nitrogen and oxygen atoms in total. The average molecular weight is 217 g/mol. The Kier molecular flexibility index (Phi) is 3.37. The number of rotatable bonds is 3. The summed E-state index contributed by atoms with van der Waals surface area (Å²) in [7, 11) is 0. The van der Waals surface area contributed by atoms with Gasteiger partial charge < -0.3 is 15.2 Å². The molecule has 0 aromatic carbocycles. The molecule has 4 heteroatoms. The summed E-state index contributed by atoms with van der Waals surface area (Å²) in [4.78, 5) is 0. The van der Waals surface area contributed by atoms with Gasteiger partial charge in [0.25, 0.3) is 0 Å². The highest BCUT2D eigenvalue weighted by Gasteiger charge is 2.39. The van der Waals surface area contributed by atoms with Gasteiger partial charge in [-0.25, -0.2) is 0 Å². The Bertz CT molecular complexity index is 197. The van der Waals surface area contributed by atoms with Crippen LogP contribution in [0.1, 0.15) is 19.8 Å². The monoisotopic (exact) mass is 217 g/mol. The van der Waals surface area contributed by atoms with Crippen LogP contribution in [0.3, 0.4) is 0 Å². The first-order valence-corrected chi connectivity index (χ1v) is 6.47. The average Bonchev–Trinajstić information content (AvgIpc) is 2.76. The Morgan fingerprint density at radius 1 is 1.57 bits per heavy atom. The smallest absolute Gasteiger partial charge is 0.166 e. The SMILES string of the molecule is CC1(CC2CCSC2)OCC(CN)O1. The fraction of sp³-hybridized carbons (Fsp3) is 1.00. The highest BCUT2D eigenvalue weighted by Crippen LogP contribution is 2.35. The molecule has 2 heterocycles. The third-order valence-corrected chi connectivity index (χ3v) is 4.17. The lowest BCUT2D eigenvalue weighted by atomic mass is 9.99.